The molecule has 2 N–H and O–H groups in total. The van der Waals surface area contributed by atoms with Gasteiger partial charge >= 0.3 is 0 Å². The van der Waals surface area contributed by atoms with Crippen LogP contribution in [-0.2, 0) is 13.0 Å². The minimum atomic E-state index is 0.679. The van der Waals surface area contributed by atoms with Gasteiger partial charge in [-0.15, -0.1) is 12.8 Å². The van der Waals surface area contributed by atoms with Gasteiger partial charge < -0.3 is 10.3 Å². The van der Waals surface area contributed by atoms with E-state index in [4.69, 9.17) is 15.7 Å². The van der Waals surface area contributed by atoms with Crippen molar-refractivity contribution in [2.24, 2.45) is 5.73 Å². The molecular formula is C20H28N4. The molecule has 0 aromatic carbocycles. The number of hydrogen-bond donors (Lipinski definition) is 1. The van der Waals surface area contributed by atoms with Gasteiger partial charge in [-0.2, -0.15) is 0 Å². The van der Waals surface area contributed by atoms with Crippen LogP contribution >= 0.6 is 0 Å². The highest BCUT2D eigenvalue weighted by Crippen LogP contribution is 2.19. The molecule has 2 rings (SSSR count). The first-order valence-corrected chi connectivity index (χ1v) is 8.29. The molecule has 0 unspecified atom stereocenters. The van der Waals surface area contributed by atoms with Crippen LogP contribution in [0.3, 0.4) is 0 Å². The Morgan fingerprint density at radius 1 is 1.29 bits per heavy atom. The van der Waals surface area contributed by atoms with E-state index in [2.05, 4.69) is 55.6 Å². The van der Waals surface area contributed by atoms with Crippen molar-refractivity contribution >= 4 is 11.2 Å². The van der Waals surface area contributed by atoms with Crippen LogP contribution in [0, 0.1) is 26.7 Å². The normalized spacial score (nSPS) is 11.7. The van der Waals surface area contributed by atoms with Gasteiger partial charge in [-0.3, -0.25) is 0 Å². The van der Waals surface area contributed by atoms with Crippen molar-refractivity contribution in [3.8, 4) is 12.8 Å². The summed E-state index contributed by atoms with van der Waals surface area (Å²) in [6.45, 7) is 9.78. The quantitative estimate of drug-likeness (QED) is 0.651. The van der Waals surface area contributed by atoms with Gasteiger partial charge in [0.15, 0.2) is 5.65 Å². The Balaban J connectivity index is 0.00000139. The van der Waals surface area contributed by atoms with Crippen LogP contribution in [0.5, 0.6) is 0 Å². The Hall–Kier alpha value is -2.38. The van der Waals surface area contributed by atoms with Gasteiger partial charge in [0.25, 0.3) is 0 Å². The summed E-state index contributed by atoms with van der Waals surface area (Å²) in [5.41, 5.74) is 11.1. The lowest BCUT2D eigenvalue weighted by molar-refractivity contribution is 0.760. The van der Waals surface area contributed by atoms with Crippen molar-refractivity contribution < 1.29 is 0 Å². The van der Waals surface area contributed by atoms with Gasteiger partial charge in [-0.1, -0.05) is 30.7 Å². The monoisotopic (exact) mass is 324 g/mol. The molecule has 128 valence electrons. The number of fused-ring (bicyclic) bond motifs is 1. The van der Waals surface area contributed by atoms with Crippen LogP contribution < -0.4 is 5.73 Å². The number of terminal acetylenes is 1. The predicted molar refractivity (Wildman–Crippen MR) is 103 cm³/mol. The second kappa shape index (κ2) is 9.69. The standard InChI is InChI=1S/C18H26N4.C2H2/c1-5-15(9-10-19)8-7-11-22-16(6-2)21-17-13(3)12-14(4)20-18(17)22;1-2/h5,7-8,12H,6,9-11,19H2,1-4H3;1-2H/b8-7-,15-5+;. The van der Waals surface area contributed by atoms with Crippen molar-refractivity contribution in [1.82, 2.24) is 14.5 Å². The summed E-state index contributed by atoms with van der Waals surface area (Å²) in [5.74, 6) is 1.08. The van der Waals surface area contributed by atoms with Crippen molar-refractivity contribution in [2.75, 3.05) is 6.54 Å². The van der Waals surface area contributed by atoms with E-state index in [-0.39, 0.29) is 0 Å². The molecule has 0 spiro atoms. The predicted octanol–water partition coefficient (Wildman–Crippen LogP) is 3.71. The Bertz CT molecular complexity index is 748. The number of imidazole rings is 1. The van der Waals surface area contributed by atoms with Gasteiger partial charge in [0.05, 0.1) is 0 Å². The SMILES string of the molecule is C#C.C/C=C(\C=C/Cn1c(CC)nc2c(C)cc(C)nc21)CCN. The number of aryl methyl sites for hydroxylation is 3. The molecule has 0 amide bonds. The Kier molecular flexibility index (Phi) is 7.94. The van der Waals surface area contributed by atoms with Gasteiger partial charge in [0.2, 0.25) is 0 Å². The number of aromatic nitrogens is 3. The largest absolute Gasteiger partial charge is 0.330 e. The number of hydrogen-bond acceptors (Lipinski definition) is 3. The average molecular weight is 324 g/mol. The molecule has 0 aliphatic carbocycles. The molecule has 0 aliphatic rings. The summed E-state index contributed by atoms with van der Waals surface area (Å²) in [7, 11) is 0. The number of rotatable bonds is 6. The fourth-order valence-corrected chi connectivity index (χ4v) is 2.71. The maximum atomic E-state index is 5.62. The molecule has 0 bridgehead atoms. The van der Waals surface area contributed by atoms with E-state index < -0.39 is 0 Å². The van der Waals surface area contributed by atoms with E-state index in [0.29, 0.717) is 6.54 Å². The third-order valence-electron chi connectivity index (χ3n) is 3.84. The summed E-state index contributed by atoms with van der Waals surface area (Å²) >= 11 is 0. The highest BCUT2D eigenvalue weighted by molar-refractivity contribution is 5.75. The number of nitrogens with two attached hydrogens (primary N) is 1. The molecule has 2 heterocycles. The molecule has 4 heteroatoms. The van der Waals surface area contributed by atoms with Crippen LogP contribution in [0.15, 0.2) is 29.9 Å². The maximum absolute atomic E-state index is 5.62. The topological polar surface area (TPSA) is 56.7 Å². The van der Waals surface area contributed by atoms with Crippen LogP contribution in [0.25, 0.3) is 11.2 Å². The summed E-state index contributed by atoms with van der Waals surface area (Å²) in [6.07, 6.45) is 16.3. The lowest BCUT2D eigenvalue weighted by Crippen LogP contribution is -2.03. The van der Waals surface area contributed by atoms with Crippen molar-refractivity contribution in [3.63, 3.8) is 0 Å². The molecule has 4 nitrogen and oxygen atoms in total. The van der Waals surface area contributed by atoms with Crippen molar-refractivity contribution in [3.05, 3.63) is 46.9 Å². The first-order valence-electron chi connectivity index (χ1n) is 8.29. The van der Waals surface area contributed by atoms with E-state index in [9.17, 15) is 0 Å². The molecule has 0 atom stereocenters. The first kappa shape index (κ1) is 19.7. The molecule has 0 fully saturated rings. The van der Waals surface area contributed by atoms with Gasteiger partial charge in [0, 0.05) is 18.7 Å². The summed E-state index contributed by atoms with van der Waals surface area (Å²) in [4.78, 5) is 9.45. The number of nitrogens with zero attached hydrogens (tertiary/aromatic N) is 3. The molecule has 0 saturated carbocycles. The van der Waals surface area contributed by atoms with Crippen molar-refractivity contribution in [2.45, 2.75) is 47.1 Å². The van der Waals surface area contributed by atoms with Gasteiger partial charge in [-0.05, 0) is 45.4 Å². The fourth-order valence-electron chi connectivity index (χ4n) is 2.71. The average Bonchev–Trinajstić information content (AvgIpc) is 2.94. The highest BCUT2D eigenvalue weighted by atomic mass is 15.1. The summed E-state index contributed by atoms with van der Waals surface area (Å²) < 4.78 is 2.21. The van der Waals surface area contributed by atoms with Crippen molar-refractivity contribution in [1.29, 1.82) is 0 Å². The second-order valence-corrected chi connectivity index (χ2v) is 5.55. The molecule has 0 aliphatic heterocycles. The van der Waals surface area contributed by atoms with E-state index in [1.807, 2.05) is 13.8 Å². The maximum Gasteiger partial charge on any atom is 0.160 e. The first-order chi connectivity index (χ1) is 11.6. The smallest absolute Gasteiger partial charge is 0.160 e. The van der Waals surface area contributed by atoms with E-state index in [1.54, 1.807) is 0 Å². The molecule has 24 heavy (non-hydrogen) atoms. The lowest BCUT2D eigenvalue weighted by atomic mass is 10.1. The fraction of sp³-hybridized carbons (Fsp3) is 0.400. The van der Waals surface area contributed by atoms with Crippen LogP contribution in [0.1, 0.15) is 37.4 Å². The molecular weight excluding hydrogens is 296 g/mol. The molecule has 2 aromatic rings. The van der Waals surface area contributed by atoms with Crippen LogP contribution in [0.2, 0.25) is 0 Å². The number of allylic oxidation sites excluding steroid dienone is 3. The highest BCUT2D eigenvalue weighted by Gasteiger charge is 2.12. The molecule has 0 saturated heterocycles. The zero-order valence-electron chi connectivity index (χ0n) is 15.2. The van der Waals surface area contributed by atoms with Crippen LogP contribution in [0.4, 0.5) is 0 Å². The zero-order valence-corrected chi connectivity index (χ0v) is 15.2. The third kappa shape index (κ3) is 4.56. The summed E-state index contributed by atoms with van der Waals surface area (Å²) in [5, 5.41) is 0. The van der Waals surface area contributed by atoms with Crippen LogP contribution in [-0.4, -0.2) is 21.1 Å². The van der Waals surface area contributed by atoms with Gasteiger partial charge in [0.1, 0.15) is 11.3 Å². The molecule has 2 aromatic heterocycles. The molecule has 0 radical (unpaired) electrons. The Labute approximate surface area is 145 Å². The Morgan fingerprint density at radius 2 is 2.00 bits per heavy atom. The van der Waals surface area contributed by atoms with E-state index in [0.717, 1.165) is 42.1 Å². The zero-order chi connectivity index (χ0) is 18.1. The van der Waals surface area contributed by atoms with Gasteiger partial charge in [-0.25, -0.2) is 9.97 Å². The minimum absolute atomic E-state index is 0.679. The summed E-state index contributed by atoms with van der Waals surface area (Å²) in [6, 6.07) is 2.09. The second-order valence-electron chi connectivity index (χ2n) is 5.55. The third-order valence-corrected chi connectivity index (χ3v) is 3.84. The number of pyridine rings is 1. The van der Waals surface area contributed by atoms with E-state index in [1.165, 1.54) is 11.1 Å². The van der Waals surface area contributed by atoms with E-state index >= 15 is 0 Å². The minimum Gasteiger partial charge on any atom is -0.330 e. The Morgan fingerprint density at radius 3 is 2.58 bits per heavy atom. The lowest BCUT2D eigenvalue weighted by Gasteiger charge is -2.05.